The van der Waals surface area contributed by atoms with Crippen molar-refractivity contribution < 1.29 is 27.1 Å². The van der Waals surface area contributed by atoms with Gasteiger partial charge in [-0.15, -0.1) is 0 Å². The number of hydrogen-bond acceptors (Lipinski definition) is 7. The van der Waals surface area contributed by atoms with Gasteiger partial charge in [-0.05, 0) is 31.5 Å². The van der Waals surface area contributed by atoms with Crippen molar-refractivity contribution in [3.05, 3.63) is 35.7 Å². The number of carbonyl (C=O) groups is 1. The number of nitrogens with zero attached hydrogens (tertiary/aromatic N) is 1. The van der Waals surface area contributed by atoms with Gasteiger partial charge >= 0.3 is 12.0 Å². The van der Waals surface area contributed by atoms with Crippen LogP contribution in [0.1, 0.15) is 23.0 Å². The van der Waals surface area contributed by atoms with Gasteiger partial charge < -0.3 is 13.9 Å². The second kappa shape index (κ2) is 6.69. The minimum Gasteiger partial charge on any atom is -0.495 e. The highest BCUT2D eigenvalue weighted by Gasteiger charge is 2.23. The Balaban J connectivity index is 2.29. The minimum absolute atomic E-state index is 0.0594. The van der Waals surface area contributed by atoms with Gasteiger partial charge in [0.05, 0.1) is 13.7 Å². The van der Waals surface area contributed by atoms with Crippen LogP contribution in [0.15, 0.2) is 33.8 Å². The number of sulfonamides is 1. The summed E-state index contributed by atoms with van der Waals surface area (Å²) >= 11 is 0. The van der Waals surface area contributed by atoms with Crippen molar-refractivity contribution >= 4 is 22.0 Å². The van der Waals surface area contributed by atoms with E-state index in [2.05, 4.69) is 9.71 Å². The highest BCUT2D eigenvalue weighted by atomic mass is 32.2. The zero-order valence-electron chi connectivity index (χ0n) is 12.8. The monoisotopic (exact) mass is 340 g/mol. The Kier molecular flexibility index (Phi) is 4.89. The molecule has 1 aromatic heterocycles. The molecule has 1 heterocycles. The second-order valence-electron chi connectivity index (χ2n) is 4.52. The molecule has 0 fully saturated rings. The molecule has 9 heteroatoms. The fourth-order valence-corrected chi connectivity index (χ4v) is 2.97. The summed E-state index contributed by atoms with van der Waals surface area (Å²) in [6.45, 7) is 3.57. The van der Waals surface area contributed by atoms with Crippen molar-refractivity contribution in [1.82, 2.24) is 4.98 Å². The first-order valence-corrected chi connectivity index (χ1v) is 8.15. The summed E-state index contributed by atoms with van der Waals surface area (Å²) in [7, 11) is -2.62. The van der Waals surface area contributed by atoms with Gasteiger partial charge in [0, 0.05) is 0 Å². The number of carbonyl (C=O) groups excluding carboxylic acids is 1. The first-order valence-electron chi connectivity index (χ1n) is 6.67. The standard InChI is InChI=1S/C14H16N2O6S/c1-4-21-13(17)10-8-22-14(15-10)16-23(18,19)12-7-9(2)5-6-11(12)20-3/h5-8H,4H2,1-3H3,(H,15,16). The number of aromatic nitrogens is 1. The largest absolute Gasteiger partial charge is 0.495 e. The lowest BCUT2D eigenvalue weighted by molar-refractivity contribution is 0.0519. The molecule has 0 aliphatic heterocycles. The summed E-state index contributed by atoms with van der Waals surface area (Å²) in [5, 5.41) is 0. The Bertz CT molecular complexity index is 812. The maximum Gasteiger partial charge on any atom is 0.360 e. The van der Waals surface area contributed by atoms with Crippen LogP contribution >= 0.6 is 0 Å². The lowest BCUT2D eigenvalue weighted by atomic mass is 10.2. The van der Waals surface area contributed by atoms with Gasteiger partial charge in [-0.1, -0.05) is 6.07 Å². The molecule has 0 radical (unpaired) electrons. The third-order valence-corrected chi connectivity index (χ3v) is 4.16. The second-order valence-corrected chi connectivity index (χ2v) is 6.17. The summed E-state index contributed by atoms with van der Waals surface area (Å²) in [5.41, 5.74) is 0.617. The third-order valence-electron chi connectivity index (χ3n) is 2.82. The molecule has 0 spiro atoms. The third kappa shape index (κ3) is 3.81. The molecule has 0 aliphatic rings. The first-order chi connectivity index (χ1) is 10.9. The van der Waals surface area contributed by atoms with E-state index in [0.717, 1.165) is 11.8 Å². The van der Waals surface area contributed by atoms with E-state index in [4.69, 9.17) is 13.9 Å². The van der Waals surface area contributed by atoms with E-state index in [1.165, 1.54) is 13.2 Å². The molecule has 23 heavy (non-hydrogen) atoms. The van der Waals surface area contributed by atoms with Gasteiger partial charge in [-0.25, -0.2) is 17.9 Å². The highest BCUT2D eigenvalue weighted by Crippen LogP contribution is 2.26. The Morgan fingerprint density at radius 1 is 1.39 bits per heavy atom. The molecule has 0 saturated carbocycles. The number of hydrogen-bond donors (Lipinski definition) is 1. The van der Waals surface area contributed by atoms with Crippen LogP contribution in [0, 0.1) is 6.92 Å². The van der Waals surface area contributed by atoms with Gasteiger partial charge in [-0.2, -0.15) is 4.98 Å². The molecule has 0 bridgehead atoms. The molecule has 0 unspecified atom stereocenters. The van der Waals surface area contributed by atoms with Crippen molar-refractivity contribution in [1.29, 1.82) is 0 Å². The van der Waals surface area contributed by atoms with Gasteiger partial charge in [0.1, 0.15) is 16.9 Å². The predicted molar refractivity (Wildman–Crippen MR) is 81.0 cm³/mol. The summed E-state index contributed by atoms with van der Waals surface area (Å²) in [4.78, 5) is 15.2. The van der Waals surface area contributed by atoms with Crippen molar-refractivity contribution in [2.75, 3.05) is 18.4 Å². The number of methoxy groups -OCH3 is 1. The topological polar surface area (TPSA) is 108 Å². The van der Waals surface area contributed by atoms with Crippen molar-refractivity contribution in [2.45, 2.75) is 18.7 Å². The van der Waals surface area contributed by atoms with Crippen LogP contribution in [0.4, 0.5) is 6.01 Å². The number of rotatable bonds is 6. The molecular formula is C14H16N2O6S. The summed E-state index contributed by atoms with van der Waals surface area (Å²) in [6, 6.07) is 4.39. The molecule has 0 aliphatic carbocycles. The zero-order chi connectivity index (χ0) is 17.0. The number of nitrogens with one attached hydrogen (secondary N) is 1. The normalized spacial score (nSPS) is 11.1. The van der Waals surface area contributed by atoms with Gasteiger partial charge in [-0.3, -0.25) is 0 Å². The molecule has 1 aromatic carbocycles. The molecule has 8 nitrogen and oxygen atoms in total. The maximum absolute atomic E-state index is 12.4. The smallest absolute Gasteiger partial charge is 0.360 e. The molecule has 0 saturated heterocycles. The number of benzene rings is 1. The van der Waals surface area contributed by atoms with Crippen molar-refractivity contribution in [3.8, 4) is 5.75 Å². The molecule has 0 amide bonds. The minimum atomic E-state index is -3.99. The van der Waals surface area contributed by atoms with E-state index in [9.17, 15) is 13.2 Å². The van der Waals surface area contributed by atoms with Crippen LogP contribution < -0.4 is 9.46 Å². The van der Waals surface area contributed by atoms with E-state index in [-0.39, 0.29) is 29.0 Å². The average molecular weight is 340 g/mol. The fourth-order valence-electron chi connectivity index (χ4n) is 1.78. The number of oxazole rings is 1. The fraction of sp³-hybridized carbons (Fsp3) is 0.286. The number of anilines is 1. The lowest BCUT2D eigenvalue weighted by Crippen LogP contribution is -2.15. The van der Waals surface area contributed by atoms with Gasteiger partial charge in [0.2, 0.25) is 0 Å². The Labute approximate surface area is 133 Å². The Hall–Kier alpha value is -2.55. The van der Waals surface area contributed by atoms with E-state index in [0.29, 0.717) is 0 Å². The van der Waals surface area contributed by atoms with Crippen LogP contribution in [-0.4, -0.2) is 33.1 Å². The molecule has 0 atom stereocenters. The quantitative estimate of drug-likeness (QED) is 0.801. The van der Waals surface area contributed by atoms with Crippen LogP contribution in [0.5, 0.6) is 5.75 Å². The van der Waals surface area contributed by atoms with Crippen molar-refractivity contribution in [2.24, 2.45) is 0 Å². The van der Waals surface area contributed by atoms with E-state index in [1.807, 2.05) is 0 Å². The van der Waals surface area contributed by atoms with Crippen LogP contribution in [0.3, 0.4) is 0 Å². The SMILES string of the molecule is CCOC(=O)c1coc(NS(=O)(=O)c2cc(C)ccc2OC)n1. The Morgan fingerprint density at radius 2 is 2.13 bits per heavy atom. The summed E-state index contributed by atoms with van der Waals surface area (Å²) < 4.78 is 41.8. The van der Waals surface area contributed by atoms with Gasteiger partial charge in [0.15, 0.2) is 5.69 Å². The van der Waals surface area contributed by atoms with E-state index in [1.54, 1.807) is 26.0 Å². The molecule has 2 aromatic rings. The molecule has 1 N–H and O–H groups in total. The zero-order valence-corrected chi connectivity index (χ0v) is 13.6. The van der Waals surface area contributed by atoms with Crippen LogP contribution in [0.25, 0.3) is 0 Å². The molecule has 124 valence electrons. The summed E-state index contributed by atoms with van der Waals surface area (Å²) in [6.07, 6.45) is 1.02. The highest BCUT2D eigenvalue weighted by molar-refractivity contribution is 7.92. The molecular weight excluding hydrogens is 324 g/mol. The van der Waals surface area contributed by atoms with E-state index < -0.39 is 16.0 Å². The van der Waals surface area contributed by atoms with Gasteiger partial charge in [0.25, 0.3) is 10.0 Å². The lowest BCUT2D eigenvalue weighted by Gasteiger charge is -2.10. The predicted octanol–water partition coefficient (Wildman–Crippen LogP) is 1.97. The van der Waals surface area contributed by atoms with E-state index >= 15 is 0 Å². The summed E-state index contributed by atoms with van der Waals surface area (Å²) in [5.74, 6) is -0.518. The van der Waals surface area contributed by atoms with Crippen LogP contribution in [0.2, 0.25) is 0 Å². The number of esters is 1. The number of ether oxygens (including phenoxy) is 2. The first kappa shape index (κ1) is 16.8. The Morgan fingerprint density at radius 3 is 2.78 bits per heavy atom. The number of aryl methyl sites for hydroxylation is 1. The van der Waals surface area contributed by atoms with Crippen molar-refractivity contribution in [3.63, 3.8) is 0 Å². The van der Waals surface area contributed by atoms with Crippen LogP contribution in [-0.2, 0) is 14.8 Å². The average Bonchev–Trinajstić information content (AvgIpc) is 2.95. The maximum atomic E-state index is 12.4. The molecule has 2 rings (SSSR count).